The molecule has 1 saturated carbocycles. The predicted molar refractivity (Wildman–Crippen MR) is 51.1 cm³/mol. The van der Waals surface area contributed by atoms with Crippen LogP contribution >= 0.6 is 0 Å². The molecule has 0 spiro atoms. The highest BCUT2D eigenvalue weighted by molar-refractivity contribution is 5.89. The number of carboxylic acid groups (broad SMARTS) is 1. The van der Waals surface area contributed by atoms with Gasteiger partial charge in [0.15, 0.2) is 0 Å². The number of hydrogen-bond donors (Lipinski definition) is 2. The summed E-state index contributed by atoms with van der Waals surface area (Å²) >= 11 is 0. The second-order valence-electron chi connectivity index (χ2n) is 4.76. The maximum absolute atomic E-state index is 11.9. The van der Waals surface area contributed by atoms with Crippen LogP contribution in [0, 0.1) is 5.41 Å². The van der Waals surface area contributed by atoms with Crippen LogP contribution in [0.5, 0.6) is 0 Å². The van der Waals surface area contributed by atoms with Gasteiger partial charge in [0.1, 0.15) is 6.04 Å². The Labute approximate surface area is 87.7 Å². The molecule has 2 aliphatic rings. The molecular weight excluding hydrogens is 198 g/mol. The first-order valence-electron chi connectivity index (χ1n) is 5.16. The van der Waals surface area contributed by atoms with Crippen molar-refractivity contribution >= 4 is 11.9 Å². The quantitative estimate of drug-likeness (QED) is 0.667. The minimum Gasteiger partial charge on any atom is -0.480 e. The number of rotatable bonds is 2. The van der Waals surface area contributed by atoms with E-state index in [2.05, 4.69) is 0 Å². The fourth-order valence-corrected chi connectivity index (χ4v) is 2.02. The van der Waals surface area contributed by atoms with Crippen LogP contribution in [0.15, 0.2) is 0 Å². The summed E-state index contributed by atoms with van der Waals surface area (Å²) in [5.41, 5.74) is -0.363. The highest BCUT2D eigenvalue weighted by atomic mass is 16.4. The second-order valence-corrected chi connectivity index (χ2v) is 4.76. The summed E-state index contributed by atoms with van der Waals surface area (Å²) in [6.07, 6.45) is 1.10. The number of aliphatic hydroxyl groups excluding tert-OH is 1. The van der Waals surface area contributed by atoms with Gasteiger partial charge in [-0.3, -0.25) is 4.79 Å². The SMILES string of the molecule is CC1(C(=O)N2C[C@@H](O)C[C@H]2C(=O)O)CC1. The molecule has 2 N–H and O–H groups in total. The van der Waals surface area contributed by atoms with Gasteiger partial charge in [-0.2, -0.15) is 0 Å². The van der Waals surface area contributed by atoms with E-state index in [9.17, 15) is 14.7 Å². The molecule has 0 aromatic rings. The fraction of sp³-hybridized carbons (Fsp3) is 0.800. The first kappa shape index (κ1) is 10.4. The standard InChI is InChI=1S/C10H15NO4/c1-10(2-3-10)9(15)11-5-6(12)4-7(11)8(13)14/h6-7,12H,2-5H2,1H3,(H,13,14)/t6-,7-/m0/s1. The molecule has 5 heteroatoms. The van der Waals surface area contributed by atoms with Crippen LogP contribution in [0.4, 0.5) is 0 Å². The van der Waals surface area contributed by atoms with Crippen molar-refractivity contribution in [2.45, 2.75) is 38.3 Å². The Bertz CT molecular complexity index is 311. The molecule has 0 radical (unpaired) electrons. The van der Waals surface area contributed by atoms with Crippen molar-refractivity contribution in [1.82, 2.24) is 4.90 Å². The number of aliphatic hydroxyl groups is 1. The minimum absolute atomic E-state index is 0.119. The molecule has 2 fully saturated rings. The van der Waals surface area contributed by atoms with Gasteiger partial charge in [0, 0.05) is 18.4 Å². The monoisotopic (exact) mass is 213 g/mol. The van der Waals surface area contributed by atoms with Crippen molar-refractivity contribution < 1.29 is 19.8 Å². The number of β-amino-alcohol motifs (C(OH)–C–C–N with tert-alkyl or cyclic N) is 1. The largest absolute Gasteiger partial charge is 0.480 e. The summed E-state index contributed by atoms with van der Waals surface area (Å²) in [4.78, 5) is 24.2. The normalized spacial score (nSPS) is 32.8. The lowest BCUT2D eigenvalue weighted by Crippen LogP contribution is -2.43. The average molecular weight is 213 g/mol. The number of amides is 1. The van der Waals surface area contributed by atoms with Crippen molar-refractivity contribution in [2.24, 2.45) is 5.41 Å². The topological polar surface area (TPSA) is 77.8 Å². The van der Waals surface area contributed by atoms with E-state index >= 15 is 0 Å². The highest BCUT2D eigenvalue weighted by Crippen LogP contribution is 2.47. The number of likely N-dealkylation sites (tertiary alicyclic amines) is 1. The molecule has 1 heterocycles. The number of carboxylic acids is 1. The van der Waals surface area contributed by atoms with Crippen LogP contribution in [0.3, 0.4) is 0 Å². The van der Waals surface area contributed by atoms with Crippen LogP contribution in [0.25, 0.3) is 0 Å². The van der Waals surface area contributed by atoms with E-state index in [0.29, 0.717) is 0 Å². The maximum atomic E-state index is 11.9. The van der Waals surface area contributed by atoms with Crippen molar-refractivity contribution in [1.29, 1.82) is 0 Å². The van der Waals surface area contributed by atoms with E-state index in [4.69, 9.17) is 5.11 Å². The van der Waals surface area contributed by atoms with Crippen LogP contribution in [0.2, 0.25) is 0 Å². The maximum Gasteiger partial charge on any atom is 0.326 e. The number of aliphatic carboxylic acids is 1. The first-order chi connectivity index (χ1) is 6.94. The van der Waals surface area contributed by atoms with Gasteiger partial charge in [-0.15, -0.1) is 0 Å². The number of hydrogen-bond acceptors (Lipinski definition) is 3. The number of nitrogens with zero attached hydrogens (tertiary/aromatic N) is 1. The van der Waals surface area contributed by atoms with Crippen LogP contribution in [0.1, 0.15) is 26.2 Å². The summed E-state index contributed by atoms with van der Waals surface area (Å²) in [5, 5.41) is 18.3. The van der Waals surface area contributed by atoms with Crippen molar-refractivity contribution in [3.8, 4) is 0 Å². The molecule has 0 aromatic heterocycles. The molecule has 1 saturated heterocycles. The summed E-state index contributed by atoms with van der Waals surface area (Å²) < 4.78 is 0. The highest BCUT2D eigenvalue weighted by Gasteiger charge is 2.51. The summed E-state index contributed by atoms with van der Waals surface area (Å²) in [6.45, 7) is 2.00. The average Bonchev–Trinajstić information content (AvgIpc) is 2.77. The Morgan fingerprint density at radius 3 is 2.47 bits per heavy atom. The Balaban J connectivity index is 2.13. The Hall–Kier alpha value is -1.10. The van der Waals surface area contributed by atoms with Gasteiger partial charge < -0.3 is 15.1 Å². The van der Waals surface area contributed by atoms with E-state index in [0.717, 1.165) is 12.8 Å². The molecule has 5 nitrogen and oxygen atoms in total. The van der Waals surface area contributed by atoms with Crippen LogP contribution < -0.4 is 0 Å². The molecule has 0 bridgehead atoms. The minimum atomic E-state index is -1.02. The summed E-state index contributed by atoms with van der Waals surface area (Å²) in [7, 11) is 0. The first-order valence-corrected chi connectivity index (χ1v) is 5.16. The molecule has 0 unspecified atom stereocenters. The van der Waals surface area contributed by atoms with Crippen LogP contribution in [-0.2, 0) is 9.59 Å². The molecule has 15 heavy (non-hydrogen) atoms. The lowest BCUT2D eigenvalue weighted by Gasteiger charge is -2.24. The van der Waals surface area contributed by atoms with E-state index in [1.165, 1.54) is 4.90 Å². The molecule has 1 amide bonds. The third-order valence-corrected chi connectivity index (χ3v) is 3.34. The predicted octanol–water partition coefficient (Wildman–Crippen LogP) is -0.167. The lowest BCUT2D eigenvalue weighted by molar-refractivity contribution is -0.150. The van der Waals surface area contributed by atoms with Gasteiger partial charge in [0.25, 0.3) is 0 Å². The number of carbonyl (C=O) groups is 2. The third-order valence-electron chi connectivity index (χ3n) is 3.34. The van der Waals surface area contributed by atoms with Gasteiger partial charge in [-0.1, -0.05) is 6.92 Å². The Morgan fingerprint density at radius 2 is 2.00 bits per heavy atom. The molecule has 2 rings (SSSR count). The molecule has 2 atom stereocenters. The zero-order chi connectivity index (χ0) is 11.2. The zero-order valence-corrected chi connectivity index (χ0v) is 8.64. The Morgan fingerprint density at radius 1 is 1.40 bits per heavy atom. The molecule has 1 aliphatic heterocycles. The lowest BCUT2D eigenvalue weighted by atomic mass is 10.1. The molecule has 84 valence electrons. The third kappa shape index (κ3) is 1.71. The molecule has 0 aromatic carbocycles. The zero-order valence-electron chi connectivity index (χ0n) is 8.64. The van der Waals surface area contributed by atoms with Gasteiger partial charge in [0.2, 0.25) is 5.91 Å². The smallest absolute Gasteiger partial charge is 0.326 e. The van der Waals surface area contributed by atoms with E-state index in [-0.39, 0.29) is 24.3 Å². The van der Waals surface area contributed by atoms with Crippen molar-refractivity contribution in [2.75, 3.05) is 6.54 Å². The fourth-order valence-electron chi connectivity index (χ4n) is 2.02. The van der Waals surface area contributed by atoms with Crippen molar-refractivity contribution in [3.05, 3.63) is 0 Å². The second kappa shape index (κ2) is 3.20. The van der Waals surface area contributed by atoms with Crippen LogP contribution in [-0.4, -0.2) is 45.7 Å². The number of carbonyl (C=O) groups excluding carboxylic acids is 1. The van der Waals surface area contributed by atoms with Gasteiger partial charge in [0.05, 0.1) is 6.10 Å². The molecule has 1 aliphatic carbocycles. The van der Waals surface area contributed by atoms with Gasteiger partial charge in [-0.05, 0) is 12.8 Å². The van der Waals surface area contributed by atoms with Gasteiger partial charge in [-0.25, -0.2) is 4.79 Å². The summed E-state index contributed by atoms with van der Waals surface area (Å²) in [6, 6.07) is -0.843. The van der Waals surface area contributed by atoms with E-state index in [1.807, 2.05) is 6.92 Å². The molecular formula is C10H15NO4. The van der Waals surface area contributed by atoms with Gasteiger partial charge >= 0.3 is 5.97 Å². The van der Waals surface area contributed by atoms with Crippen molar-refractivity contribution in [3.63, 3.8) is 0 Å². The summed E-state index contributed by atoms with van der Waals surface area (Å²) in [5.74, 6) is -1.14. The Kier molecular flexibility index (Phi) is 2.22. The van der Waals surface area contributed by atoms with E-state index < -0.39 is 18.1 Å². The van der Waals surface area contributed by atoms with E-state index in [1.54, 1.807) is 0 Å².